The van der Waals surface area contributed by atoms with E-state index in [0.29, 0.717) is 11.3 Å². The van der Waals surface area contributed by atoms with Gasteiger partial charge in [-0.15, -0.1) is 23.1 Å². The predicted molar refractivity (Wildman–Crippen MR) is 181 cm³/mol. The Bertz CT molecular complexity index is 1770. The lowest BCUT2D eigenvalue weighted by Gasteiger charge is -2.18. The van der Waals surface area contributed by atoms with Gasteiger partial charge in [0.2, 0.25) is 5.91 Å². The molecule has 3 N–H and O–H groups in total. The highest BCUT2D eigenvalue weighted by Gasteiger charge is 2.23. The topological polar surface area (TPSA) is 87.3 Å². The third-order valence-corrected chi connectivity index (χ3v) is 8.93. The fourth-order valence-corrected chi connectivity index (χ4v) is 6.02. The first-order valence-corrected chi connectivity index (χ1v) is 15.7. The summed E-state index contributed by atoms with van der Waals surface area (Å²) in [6, 6.07) is 35.3. The monoisotopic (exact) mass is 617 g/mol. The Morgan fingerprint density at radius 2 is 1.41 bits per heavy atom. The summed E-state index contributed by atoms with van der Waals surface area (Å²) in [5, 5.41) is 10.1. The van der Waals surface area contributed by atoms with E-state index in [-0.39, 0.29) is 17.5 Å². The van der Waals surface area contributed by atoms with Gasteiger partial charge in [0.05, 0.1) is 0 Å². The van der Waals surface area contributed by atoms with E-state index in [1.54, 1.807) is 42.5 Å². The average molecular weight is 618 g/mol. The van der Waals surface area contributed by atoms with Crippen molar-refractivity contribution in [2.24, 2.45) is 0 Å². The summed E-state index contributed by atoms with van der Waals surface area (Å²) in [7, 11) is 0. The number of amides is 3. The second kappa shape index (κ2) is 14.5. The minimum atomic E-state index is -0.494. The molecule has 5 rings (SSSR count). The molecule has 0 saturated carbocycles. The van der Waals surface area contributed by atoms with E-state index >= 15 is 0 Å². The van der Waals surface area contributed by atoms with Crippen molar-refractivity contribution in [3.05, 3.63) is 153 Å². The van der Waals surface area contributed by atoms with Crippen molar-refractivity contribution in [3.8, 4) is 0 Å². The van der Waals surface area contributed by atoms with Crippen LogP contribution in [0.25, 0.3) is 6.08 Å². The molecule has 4 aromatic carbocycles. The maximum Gasteiger partial charge on any atom is 0.272 e. The van der Waals surface area contributed by atoms with Gasteiger partial charge in [0.15, 0.2) is 0 Å². The van der Waals surface area contributed by atoms with E-state index < -0.39 is 11.2 Å². The molecule has 5 aromatic rings. The van der Waals surface area contributed by atoms with Crippen LogP contribution in [0.3, 0.4) is 0 Å². The van der Waals surface area contributed by atoms with Gasteiger partial charge in [0.25, 0.3) is 11.8 Å². The Morgan fingerprint density at radius 1 is 0.727 bits per heavy atom. The predicted octanol–water partition coefficient (Wildman–Crippen LogP) is 8.25. The van der Waals surface area contributed by atoms with Gasteiger partial charge in [-0.3, -0.25) is 14.4 Å². The maximum absolute atomic E-state index is 13.5. The zero-order chi connectivity index (χ0) is 30.9. The Balaban J connectivity index is 1.30. The molecule has 0 aliphatic heterocycles. The fraction of sp³-hybridized carbons (Fsp3) is 0.0833. The quantitative estimate of drug-likeness (QED) is 0.109. The van der Waals surface area contributed by atoms with Gasteiger partial charge in [-0.2, -0.15) is 0 Å². The number of thiophene rings is 1. The molecular formula is C36H31N3O3S2. The highest BCUT2D eigenvalue weighted by Crippen LogP contribution is 2.37. The normalized spacial score (nSPS) is 11.8. The van der Waals surface area contributed by atoms with Gasteiger partial charge < -0.3 is 16.0 Å². The molecule has 1 aromatic heterocycles. The summed E-state index contributed by atoms with van der Waals surface area (Å²) in [6.07, 6.45) is 1.66. The van der Waals surface area contributed by atoms with Crippen LogP contribution in [0.5, 0.6) is 0 Å². The van der Waals surface area contributed by atoms with Crippen molar-refractivity contribution < 1.29 is 14.4 Å². The van der Waals surface area contributed by atoms with Crippen LogP contribution in [0, 0.1) is 13.8 Å². The van der Waals surface area contributed by atoms with E-state index in [4.69, 9.17) is 0 Å². The lowest BCUT2D eigenvalue weighted by atomic mass is 10.1. The molecule has 1 unspecified atom stereocenters. The number of hydrogen-bond donors (Lipinski definition) is 3. The number of anilines is 2. The van der Waals surface area contributed by atoms with Crippen molar-refractivity contribution in [3.63, 3.8) is 0 Å². The van der Waals surface area contributed by atoms with Crippen LogP contribution in [0.2, 0.25) is 0 Å². The number of carbonyl (C=O) groups is 3. The van der Waals surface area contributed by atoms with Gasteiger partial charge in [0.1, 0.15) is 10.9 Å². The van der Waals surface area contributed by atoms with Gasteiger partial charge in [-0.1, -0.05) is 60.7 Å². The molecule has 0 saturated heterocycles. The van der Waals surface area contributed by atoms with Gasteiger partial charge >= 0.3 is 0 Å². The molecule has 0 aliphatic rings. The summed E-state index contributed by atoms with van der Waals surface area (Å²) in [5.74, 6) is -0.946. The van der Waals surface area contributed by atoms with E-state index in [2.05, 4.69) is 16.0 Å². The molecule has 0 radical (unpaired) electrons. The molecule has 1 heterocycles. The van der Waals surface area contributed by atoms with E-state index in [1.807, 2.05) is 98.1 Å². The van der Waals surface area contributed by atoms with Crippen LogP contribution >= 0.6 is 23.1 Å². The third kappa shape index (κ3) is 8.12. The third-order valence-electron chi connectivity index (χ3n) is 6.84. The summed E-state index contributed by atoms with van der Waals surface area (Å²) in [6.45, 7) is 4.06. The summed E-state index contributed by atoms with van der Waals surface area (Å²) in [4.78, 5) is 41.3. The SMILES string of the molecule is Cc1ccc(NC(=O)C(Sc2ccc(NC(=O)/C(=C/c3cccs3)NC(=O)c3ccccc3)cc2)c2ccccc2)cc1C. The number of benzene rings is 4. The first-order chi connectivity index (χ1) is 21.4. The molecule has 0 spiro atoms. The minimum Gasteiger partial charge on any atom is -0.325 e. The largest absolute Gasteiger partial charge is 0.325 e. The van der Waals surface area contributed by atoms with Crippen LogP contribution in [0.4, 0.5) is 11.4 Å². The number of carbonyl (C=O) groups excluding carboxylic acids is 3. The number of hydrogen-bond acceptors (Lipinski definition) is 5. The smallest absolute Gasteiger partial charge is 0.272 e. The highest BCUT2D eigenvalue weighted by molar-refractivity contribution is 8.00. The molecule has 220 valence electrons. The second-order valence-electron chi connectivity index (χ2n) is 10.1. The Kier molecular flexibility index (Phi) is 10.1. The summed E-state index contributed by atoms with van der Waals surface area (Å²) >= 11 is 2.89. The number of aryl methyl sites for hydroxylation is 2. The lowest BCUT2D eigenvalue weighted by Crippen LogP contribution is -2.30. The molecule has 6 nitrogen and oxygen atoms in total. The standard InChI is InChI=1S/C36H31N3O3S2/c1-24-15-16-29(22-25(24)2)38-36(42)33(26-10-5-3-6-11-26)44-30-19-17-28(18-20-30)37-35(41)32(23-31-14-9-21-43-31)39-34(40)27-12-7-4-8-13-27/h3-23,33H,1-2H3,(H,37,41)(H,38,42)(H,39,40)/b32-23-. The van der Waals surface area contributed by atoms with E-state index in [9.17, 15) is 14.4 Å². The van der Waals surface area contributed by atoms with Crippen molar-refractivity contribution in [1.82, 2.24) is 5.32 Å². The van der Waals surface area contributed by atoms with Gasteiger partial charge in [0, 0.05) is 26.7 Å². The molecule has 3 amide bonds. The van der Waals surface area contributed by atoms with Crippen LogP contribution < -0.4 is 16.0 Å². The first-order valence-electron chi connectivity index (χ1n) is 14.0. The Morgan fingerprint density at radius 3 is 2.07 bits per heavy atom. The average Bonchev–Trinajstić information content (AvgIpc) is 3.56. The number of rotatable bonds is 10. The van der Waals surface area contributed by atoms with Crippen LogP contribution in [0.1, 0.15) is 37.2 Å². The van der Waals surface area contributed by atoms with E-state index in [0.717, 1.165) is 32.2 Å². The first kappa shape index (κ1) is 30.5. The molecule has 8 heteroatoms. The van der Waals surface area contributed by atoms with Gasteiger partial charge in [-0.05, 0) is 96.6 Å². The van der Waals surface area contributed by atoms with Crippen molar-refractivity contribution in [1.29, 1.82) is 0 Å². The Hall–Kier alpha value is -4.92. The molecule has 0 aliphatic carbocycles. The van der Waals surface area contributed by atoms with Crippen LogP contribution in [-0.4, -0.2) is 17.7 Å². The number of nitrogens with one attached hydrogen (secondary N) is 3. The van der Waals surface area contributed by atoms with Gasteiger partial charge in [-0.25, -0.2) is 0 Å². The number of thioether (sulfide) groups is 1. The molecule has 1 atom stereocenters. The van der Waals surface area contributed by atoms with E-state index in [1.165, 1.54) is 23.1 Å². The van der Waals surface area contributed by atoms with Crippen LogP contribution in [0.15, 0.2) is 131 Å². The van der Waals surface area contributed by atoms with Crippen LogP contribution in [-0.2, 0) is 9.59 Å². The van der Waals surface area contributed by atoms with Crippen molar-refractivity contribution >= 4 is 58.3 Å². The Labute approximate surface area is 265 Å². The second-order valence-corrected chi connectivity index (χ2v) is 12.2. The molecular weight excluding hydrogens is 587 g/mol. The van der Waals surface area contributed by atoms with Crippen molar-refractivity contribution in [2.45, 2.75) is 24.0 Å². The zero-order valence-electron chi connectivity index (χ0n) is 24.2. The fourth-order valence-electron chi connectivity index (χ4n) is 4.34. The minimum absolute atomic E-state index is 0.126. The molecule has 44 heavy (non-hydrogen) atoms. The summed E-state index contributed by atoms with van der Waals surface area (Å²) in [5.41, 5.74) is 5.05. The summed E-state index contributed by atoms with van der Waals surface area (Å²) < 4.78 is 0. The van der Waals surface area contributed by atoms with Crippen molar-refractivity contribution in [2.75, 3.05) is 10.6 Å². The lowest BCUT2D eigenvalue weighted by molar-refractivity contribution is -0.116. The molecule has 0 fully saturated rings. The molecule has 0 bridgehead atoms. The maximum atomic E-state index is 13.5. The highest BCUT2D eigenvalue weighted by atomic mass is 32.2. The zero-order valence-corrected chi connectivity index (χ0v) is 25.9.